The average molecular weight is 323 g/mol. The number of nitrogens with zero attached hydrogens (tertiary/aromatic N) is 2. The van der Waals surface area contributed by atoms with Gasteiger partial charge in [0.15, 0.2) is 0 Å². The summed E-state index contributed by atoms with van der Waals surface area (Å²) in [7, 11) is 0. The zero-order chi connectivity index (χ0) is 15.8. The number of fused-ring (bicyclic) bond motifs is 3. The molecule has 2 aromatic heterocycles. The van der Waals surface area contributed by atoms with Gasteiger partial charge in [0.05, 0.1) is 5.69 Å². The van der Waals surface area contributed by atoms with Gasteiger partial charge in [-0.1, -0.05) is 29.6 Å². The number of hydrogen-bond donors (Lipinski definition) is 1. The monoisotopic (exact) mass is 323 g/mol. The summed E-state index contributed by atoms with van der Waals surface area (Å²) in [4.78, 5) is 12.9. The normalized spacial score (nSPS) is 11.2. The predicted octanol–water partition coefficient (Wildman–Crippen LogP) is 4.25. The SMILES string of the molecule is CCc1nnsc1C(=O)Nc1ccc2oc3ccccc3c2c1. The topological polar surface area (TPSA) is 68.0 Å². The van der Waals surface area contributed by atoms with Gasteiger partial charge in [-0.15, -0.1) is 5.10 Å². The van der Waals surface area contributed by atoms with Crippen LogP contribution in [0.15, 0.2) is 46.9 Å². The van der Waals surface area contributed by atoms with Crippen LogP contribution < -0.4 is 5.32 Å². The van der Waals surface area contributed by atoms with Gasteiger partial charge in [-0.05, 0) is 42.2 Å². The third kappa shape index (κ3) is 2.37. The number of aryl methyl sites for hydroxylation is 1. The second-order valence-electron chi connectivity index (χ2n) is 5.17. The molecule has 4 aromatic rings. The fourth-order valence-electron chi connectivity index (χ4n) is 2.60. The number of para-hydroxylation sites is 1. The molecule has 0 saturated heterocycles. The highest BCUT2D eigenvalue weighted by atomic mass is 32.1. The molecule has 0 saturated carbocycles. The molecule has 0 atom stereocenters. The number of hydrogen-bond acceptors (Lipinski definition) is 5. The Morgan fingerprint density at radius 3 is 2.87 bits per heavy atom. The first kappa shape index (κ1) is 13.9. The fraction of sp³-hybridized carbons (Fsp3) is 0.118. The first-order valence-electron chi connectivity index (χ1n) is 7.30. The van der Waals surface area contributed by atoms with Crippen molar-refractivity contribution in [3.63, 3.8) is 0 Å². The van der Waals surface area contributed by atoms with Crippen LogP contribution in [-0.2, 0) is 6.42 Å². The Labute approximate surface area is 136 Å². The van der Waals surface area contributed by atoms with Crippen molar-refractivity contribution in [2.45, 2.75) is 13.3 Å². The standard InChI is InChI=1S/C17H13N3O2S/c1-2-13-16(23-20-19-13)17(21)18-10-7-8-15-12(9-10)11-5-3-4-6-14(11)22-15/h3-9H,2H2,1H3,(H,18,21). The zero-order valence-electron chi connectivity index (χ0n) is 12.4. The molecular formula is C17H13N3O2S. The van der Waals surface area contributed by atoms with Crippen molar-refractivity contribution in [3.8, 4) is 0 Å². The van der Waals surface area contributed by atoms with Crippen LogP contribution in [0.25, 0.3) is 21.9 Å². The maximum absolute atomic E-state index is 12.4. The summed E-state index contributed by atoms with van der Waals surface area (Å²) in [6.45, 7) is 1.96. The van der Waals surface area contributed by atoms with Crippen molar-refractivity contribution in [2.75, 3.05) is 5.32 Å². The third-order valence-electron chi connectivity index (χ3n) is 3.73. The number of aromatic nitrogens is 2. The van der Waals surface area contributed by atoms with Gasteiger partial charge in [-0.3, -0.25) is 4.79 Å². The van der Waals surface area contributed by atoms with Crippen LogP contribution in [0.5, 0.6) is 0 Å². The van der Waals surface area contributed by atoms with Crippen molar-refractivity contribution < 1.29 is 9.21 Å². The van der Waals surface area contributed by atoms with Crippen molar-refractivity contribution in [2.24, 2.45) is 0 Å². The lowest BCUT2D eigenvalue weighted by atomic mass is 10.1. The Morgan fingerprint density at radius 2 is 2.00 bits per heavy atom. The van der Waals surface area contributed by atoms with Gasteiger partial charge in [0.1, 0.15) is 16.0 Å². The van der Waals surface area contributed by atoms with Crippen molar-refractivity contribution in [3.05, 3.63) is 53.0 Å². The predicted molar refractivity (Wildman–Crippen MR) is 91.0 cm³/mol. The number of anilines is 1. The smallest absolute Gasteiger partial charge is 0.269 e. The van der Waals surface area contributed by atoms with Gasteiger partial charge in [0, 0.05) is 16.5 Å². The molecule has 4 rings (SSSR count). The number of carbonyl (C=O) groups is 1. The highest BCUT2D eigenvalue weighted by molar-refractivity contribution is 7.08. The first-order chi connectivity index (χ1) is 11.3. The summed E-state index contributed by atoms with van der Waals surface area (Å²) in [5.41, 5.74) is 3.09. The van der Waals surface area contributed by atoms with E-state index in [4.69, 9.17) is 4.42 Å². The van der Waals surface area contributed by atoms with Gasteiger partial charge < -0.3 is 9.73 Å². The van der Waals surface area contributed by atoms with Crippen LogP contribution in [0.3, 0.4) is 0 Å². The van der Waals surface area contributed by atoms with Gasteiger partial charge in [-0.25, -0.2) is 0 Å². The van der Waals surface area contributed by atoms with Crippen LogP contribution in [-0.4, -0.2) is 15.5 Å². The van der Waals surface area contributed by atoms with Crippen molar-refractivity contribution >= 4 is 45.1 Å². The van der Waals surface area contributed by atoms with E-state index in [1.165, 1.54) is 0 Å². The van der Waals surface area contributed by atoms with E-state index in [-0.39, 0.29) is 5.91 Å². The number of benzene rings is 2. The molecule has 0 aliphatic heterocycles. The lowest BCUT2D eigenvalue weighted by molar-refractivity contribution is 0.102. The molecule has 2 aromatic carbocycles. The minimum atomic E-state index is -0.177. The number of nitrogens with one attached hydrogen (secondary N) is 1. The van der Waals surface area contributed by atoms with E-state index in [2.05, 4.69) is 14.9 Å². The molecule has 0 radical (unpaired) electrons. The Hall–Kier alpha value is -2.73. The highest BCUT2D eigenvalue weighted by Gasteiger charge is 2.15. The fourth-order valence-corrected chi connectivity index (χ4v) is 3.25. The van der Waals surface area contributed by atoms with E-state index >= 15 is 0 Å². The van der Waals surface area contributed by atoms with E-state index in [9.17, 15) is 4.79 Å². The minimum Gasteiger partial charge on any atom is -0.456 e. The molecule has 6 heteroatoms. The first-order valence-corrected chi connectivity index (χ1v) is 8.07. The lowest BCUT2D eigenvalue weighted by Gasteiger charge is -2.04. The highest BCUT2D eigenvalue weighted by Crippen LogP contribution is 2.30. The van der Waals surface area contributed by atoms with Gasteiger partial charge in [0.2, 0.25) is 0 Å². The van der Waals surface area contributed by atoms with E-state index in [1.54, 1.807) is 0 Å². The molecule has 2 heterocycles. The number of carbonyl (C=O) groups excluding carboxylic acids is 1. The van der Waals surface area contributed by atoms with Crippen LogP contribution in [0.1, 0.15) is 22.3 Å². The van der Waals surface area contributed by atoms with Crippen molar-refractivity contribution in [1.82, 2.24) is 9.59 Å². The zero-order valence-corrected chi connectivity index (χ0v) is 13.2. The van der Waals surface area contributed by atoms with Crippen LogP contribution >= 0.6 is 11.5 Å². The number of rotatable bonds is 3. The van der Waals surface area contributed by atoms with Crippen LogP contribution in [0.2, 0.25) is 0 Å². The summed E-state index contributed by atoms with van der Waals surface area (Å²) in [5.74, 6) is -0.177. The van der Waals surface area contributed by atoms with Gasteiger partial charge in [-0.2, -0.15) is 0 Å². The largest absolute Gasteiger partial charge is 0.456 e. The molecule has 0 aliphatic rings. The van der Waals surface area contributed by atoms with Crippen molar-refractivity contribution in [1.29, 1.82) is 0 Å². The molecule has 0 bridgehead atoms. The lowest BCUT2D eigenvalue weighted by Crippen LogP contribution is -2.12. The number of furan rings is 1. The molecule has 0 unspecified atom stereocenters. The number of amides is 1. The summed E-state index contributed by atoms with van der Waals surface area (Å²) in [6.07, 6.45) is 0.685. The molecule has 0 spiro atoms. The Balaban J connectivity index is 1.72. The van der Waals surface area contributed by atoms with Gasteiger partial charge in [0.25, 0.3) is 5.91 Å². The molecule has 0 fully saturated rings. The Bertz CT molecular complexity index is 1020. The third-order valence-corrected chi connectivity index (χ3v) is 4.50. The van der Waals surface area contributed by atoms with E-state index in [1.807, 2.05) is 49.4 Å². The molecule has 1 N–H and O–H groups in total. The summed E-state index contributed by atoms with van der Waals surface area (Å²) < 4.78 is 9.64. The van der Waals surface area contributed by atoms with E-state index in [0.29, 0.717) is 11.3 Å². The maximum Gasteiger partial charge on any atom is 0.269 e. The molecule has 1 amide bonds. The summed E-state index contributed by atoms with van der Waals surface area (Å²) in [5, 5.41) is 8.91. The quantitative estimate of drug-likeness (QED) is 0.612. The average Bonchev–Trinajstić information content (AvgIpc) is 3.18. The minimum absolute atomic E-state index is 0.177. The van der Waals surface area contributed by atoms with Gasteiger partial charge >= 0.3 is 0 Å². The van der Waals surface area contributed by atoms with E-state index < -0.39 is 0 Å². The summed E-state index contributed by atoms with van der Waals surface area (Å²) >= 11 is 1.12. The maximum atomic E-state index is 12.4. The molecular weight excluding hydrogens is 310 g/mol. The van der Waals surface area contributed by atoms with Crippen LogP contribution in [0, 0.1) is 0 Å². The molecule has 0 aliphatic carbocycles. The van der Waals surface area contributed by atoms with E-state index in [0.717, 1.165) is 44.9 Å². The Morgan fingerprint density at radius 1 is 1.17 bits per heavy atom. The summed E-state index contributed by atoms with van der Waals surface area (Å²) in [6, 6.07) is 13.5. The molecule has 23 heavy (non-hydrogen) atoms. The molecule has 114 valence electrons. The Kier molecular flexibility index (Phi) is 3.31. The molecule has 5 nitrogen and oxygen atoms in total. The second kappa shape index (κ2) is 5.48. The van der Waals surface area contributed by atoms with Crippen LogP contribution in [0.4, 0.5) is 5.69 Å². The second-order valence-corrected chi connectivity index (χ2v) is 5.92.